The Morgan fingerprint density at radius 1 is 1.32 bits per heavy atom. The molecule has 0 fully saturated rings. The van der Waals surface area contributed by atoms with Gasteiger partial charge in [0.2, 0.25) is 6.79 Å². The Kier molecular flexibility index (Phi) is 4.06. The number of hydrogen-bond donors (Lipinski definition) is 1. The fourth-order valence-corrected chi connectivity index (χ4v) is 2.40. The van der Waals surface area contributed by atoms with Gasteiger partial charge in [0.1, 0.15) is 5.75 Å². The molecule has 1 aliphatic rings. The molecule has 0 saturated heterocycles. The molecule has 1 aliphatic heterocycles. The molecular weight excluding hydrogens is 306 g/mol. The van der Waals surface area contributed by atoms with Crippen LogP contribution in [0.15, 0.2) is 36.4 Å². The number of benzene rings is 2. The fourth-order valence-electron chi connectivity index (χ4n) is 2.21. The van der Waals surface area contributed by atoms with E-state index in [1.165, 1.54) is 7.11 Å². The van der Waals surface area contributed by atoms with Crippen LogP contribution >= 0.6 is 11.6 Å². The average Bonchev–Trinajstić information content (AvgIpc) is 3.02. The first-order valence-electron chi connectivity index (χ1n) is 6.68. The van der Waals surface area contributed by atoms with E-state index in [1.807, 2.05) is 18.2 Å². The minimum Gasteiger partial charge on any atom is -0.495 e. The number of para-hydroxylation sites is 1. The second-order valence-corrected chi connectivity index (χ2v) is 5.09. The smallest absolute Gasteiger partial charge is 0.251 e. The zero-order chi connectivity index (χ0) is 15.5. The molecule has 3 rings (SSSR count). The first-order valence-corrected chi connectivity index (χ1v) is 7.06. The van der Waals surface area contributed by atoms with Crippen molar-refractivity contribution in [3.8, 4) is 17.2 Å². The second kappa shape index (κ2) is 6.15. The van der Waals surface area contributed by atoms with Gasteiger partial charge in [0.05, 0.1) is 12.1 Å². The van der Waals surface area contributed by atoms with Crippen LogP contribution in [0.5, 0.6) is 17.2 Å². The first-order chi connectivity index (χ1) is 10.7. The molecule has 0 saturated carbocycles. The van der Waals surface area contributed by atoms with E-state index in [0.717, 1.165) is 5.56 Å². The van der Waals surface area contributed by atoms with Gasteiger partial charge in [0.25, 0.3) is 5.91 Å². The number of amides is 1. The quantitative estimate of drug-likeness (QED) is 0.941. The lowest BCUT2D eigenvalue weighted by Crippen LogP contribution is -2.23. The van der Waals surface area contributed by atoms with Crippen LogP contribution in [0.1, 0.15) is 15.9 Å². The molecule has 114 valence electrons. The van der Waals surface area contributed by atoms with E-state index in [0.29, 0.717) is 34.4 Å². The molecule has 2 aromatic rings. The predicted molar refractivity (Wildman–Crippen MR) is 81.7 cm³/mol. The van der Waals surface area contributed by atoms with E-state index in [4.69, 9.17) is 25.8 Å². The zero-order valence-corrected chi connectivity index (χ0v) is 12.6. The Labute approximate surface area is 132 Å². The Bertz CT molecular complexity index is 717. The Hall–Kier alpha value is -2.40. The molecule has 6 heteroatoms. The number of carbonyl (C=O) groups is 1. The highest BCUT2D eigenvalue weighted by atomic mass is 35.5. The standard InChI is InChI=1S/C16H14ClNO4/c1-20-14-7-10(5-6-12(14)17)16(19)18-8-11-3-2-4-13-15(11)22-9-21-13/h2-7H,8-9H2,1H3,(H,18,19). The topological polar surface area (TPSA) is 56.8 Å². The van der Waals surface area contributed by atoms with Crippen LogP contribution in [-0.4, -0.2) is 19.8 Å². The number of methoxy groups -OCH3 is 1. The Morgan fingerprint density at radius 2 is 2.18 bits per heavy atom. The van der Waals surface area contributed by atoms with Crippen LogP contribution < -0.4 is 19.5 Å². The van der Waals surface area contributed by atoms with E-state index in [-0.39, 0.29) is 12.7 Å². The molecule has 0 aromatic heterocycles. The summed E-state index contributed by atoms with van der Waals surface area (Å²) in [7, 11) is 1.51. The number of nitrogens with one attached hydrogen (secondary N) is 1. The summed E-state index contributed by atoms with van der Waals surface area (Å²) in [6, 6.07) is 10.5. The van der Waals surface area contributed by atoms with Crippen molar-refractivity contribution in [2.45, 2.75) is 6.54 Å². The fraction of sp³-hybridized carbons (Fsp3) is 0.188. The van der Waals surface area contributed by atoms with Crippen molar-refractivity contribution >= 4 is 17.5 Å². The normalized spacial score (nSPS) is 12.1. The summed E-state index contributed by atoms with van der Waals surface area (Å²) in [5.41, 5.74) is 1.34. The number of hydrogen-bond acceptors (Lipinski definition) is 4. The van der Waals surface area contributed by atoms with E-state index in [9.17, 15) is 4.79 Å². The third kappa shape index (κ3) is 2.80. The average molecular weight is 320 g/mol. The minimum atomic E-state index is -0.216. The number of ether oxygens (including phenoxy) is 3. The van der Waals surface area contributed by atoms with Gasteiger partial charge in [-0.25, -0.2) is 0 Å². The second-order valence-electron chi connectivity index (χ2n) is 4.68. The van der Waals surface area contributed by atoms with Crippen LogP contribution in [0, 0.1) is 0 Å². The summed E-state index contributed by atoms with van der Waals surface area (Å²) >= 11 is 5.95. The number of rotatable bonds is 4. The summed E-state index contributed by atoms with van der Waals surface area (Å²) in [4.78, 5) is 12.2. The van der Waals surface area contributed by atoms with Crippen molar-refractivity contribution in [1.82, 2.24) is 5.32 Å². The molecule has 0 radical (unpaired) electrons. The summed E-state index contributed by atoms with van der Waals surface area (Å²) in [6.07, 6.45) is 0. The van der Waals surface area contributed by atoms with Gasteiger partial charge in [0.15, 0.2) is 11.5 Å². The van der Waals surface area contributed by atoms with Gasteiger partial charge in [0, 0.05) is 17.7 Å². The van der Waals surface area contributed by atoms with Gasteiger partial charge in [-0.15, -0.1) is 0 Å². The highest BCUT2D eigenvalue weighted by Gasteiger charge is 2.17. The monoisotopic (exact) mass is 319 g/mol. The molecule has 1 amide bonds. The molecule has 1 heterocycles. The van der Waals surface area contributed by atoms with Gasteiger partial charge in [-0.05, 0) is 24.3 Å². The summed E-state index contributed by atoms with van der Waals surface area (Å²) in [5, 5.41) is 3.31. The molecule has 0 unspecified atom stereocenters. The van der Waals surface area contributed by atoms with Crippen LogP contribution in [-0.2, 0) is 6.54 Å². The maximum absolute atomic E-state index is 12.2. The summed E-state index contributed by atoms with van der Waals surface area (Å²) in [5.74, 6) is 1.62. The Morgan fingerprint density at radius 3 is 3.00 bits per heavy atom. The van der Waals surface area contributed by atoms with Crippen molar-refractivity contribution in [2.75, 3.05) is 13.9 Å². The molecule has 0 spiro atoms. The lowest BCUT2D eigenvalue weighted by atomic mass is 10.1. The van der Waals surface area contributed by atoms with E-state index in [2.05, 4.69) is 5.32 Å². The molecule has 1 N–H and O–H groups in total. The van der Waals surface area contributed by atoms with Gasteiger partial charge in [-0.2, -0.15) is 0 Å². The lowest BCUT2D eigenvalue weighted by molar-refractivity contribution is 0.0950. The molecular formula is C16H14ClNO4. The van der Waals surface area contributed by atoms with Gasteiger partial charge >= 0.3 is 0 Å². The van der Waals surface area contributed by atoms with Crippen LogP contribution in [0.25, 0.3) is 0 Å². The number of halogens is 1. The van der Waals surface area contributed by atoms with Crippen molar-refractivity contribution in [3.05, 3.63) is 52.5 Å². The van der Waals surface area contributed by atoms with Crippen LogP contribution in [0.3, 0.4) is 0 Å². The molecule has 2 aromatic carbocycles. The SMILES string of the molecule is COc1cc(C(=O)NCc2cccc3c2OCO3)ccc1Cl. The highest BCUT2D eigenvalue weighted by Crippen LogP contribution is 2.35. The Balaban J connectivity index is 1.72. The predicted octanol–water partition coefficient (Wildman–Crippen LogP) is 3.01. The maximum atomic E-state index is 12.2. The van der Waals surface area contributed by atoms with E-state index >= 15 is 0 Å². The summed E-state index contributed by atoms with van der Waals surface area (Å²) < 4.78 is 15.8. The molecule has 0 aliphatic carbocycles. The van der Waals surface area contributed by atoms with Gasteiger partial charge in [-0.1, -0.05) is 23.7 Å². The molecule has 0 bridgehead atoms. The number of fused-ring (bicyclic) bond motifs is 1. The van der Waals surface area contributed by atoms with Gasteiger partial charge < -0.3 is 19.5 Å². The van der Waals surface area contributed by atoms with Gasteiger partial charge in [-0.3, -0.25) is 4.79 Å². The third-order valence-electron chi connectivity index (χ3n) is 3.33. The zero-order valence-electron chi connectivity index (χ0n) is 11.9. The van der Waals surface area contributed by atoms with E-state index < -0.39 is 0 Å². The minimum absolute atomic E-state index is 0.203. The lowest BCUT2D eigenvalue weighted by Gasteiger charge is -2.09. The maximum Gasteiger partial charge on any atom is 0.251 e. The number of carbonyl (C=O) groups excluding carboxylic acids is 1. The molecule has 5 nitrogen and oxygen atoms in total. The third-order valence-corrected chi connectivity index (χ3v) is 3.64. The molecule has 0 atom stereocenters. The van der Waals surface area contributed by atoms with Crippen molar-refractivity contribution in [2.24, 2.45) is 0 Å². The largest absolute Gasteiger partial charge is 0.495 e. The summed E-state index contributed by atoms with van der Waals surface area (Å²) in [6.45, 7) is 0.547. The van der Waals surface area contributed by atoms with Crippen molar-refractivity contribution < 1.29 is 19.0 Å². The van der Waals surface area contributed by atoms with E-state index in [1.54, 1.807) is 18.2 Å². The highest BCUT2D eigenvalue weighted by molar-refractivity contribution is 6.32. The molecule has 22 heavy (non-hydrogen) atoms. The van der Waals surface area contributed by atoms with Crippen molar-refractivity contribution in [3.63, 3.8) is 0 Å². The van der Waals surface area contributed by atoms with Crippen molar-refractivity contribution in [1.29, 1.82) is 0 Å². The van der Waals surface area contributed by atoms with Crippen LogP contribution in [0.4, 0.5) is 0 Å². The van der Waals surface area contributed by atoms with Crippen LogP contribution in [0.2, 0.25) is 5.02 Å². The first kappa shape index (κ1) is 14.5.